The Morgan fingerprint density at radius 3 is 2.68 bits per heavy atom. The van der Waals surface area contributed by atoms with E-state index in [2.05, 4.69) is 23.2 Å². The van der Waals surface area contributed by atoms with E-state index in [9.17, 15) is 14.7 Å². The van der Waals surface area contributed by atoms with E-state index in [-0.39, 0.29) is 17.5 Å². The smallest absolute Gasteiger partial charge is 0.335 e. The summed E-state index contributed by atoms with van der Waals surface area (Å²) in [6.07, 6.45) is 3.82. The molecule has 4 rings (SSSR count). The summed E-state index contributed by atoms with van der Waals surface area (Å²) < 4.78 is 0. The molecule has 28 heavy (non-hydrogen) atoms. The maximum atomic E-state index is 13.0. The van der Waals surface area contributed by atoms with Crippen molar-refractivity contribution in [3.63, 3.8) is 0 Å². The van der Waals surface area contributed by atoms with Crippen molar-refractivity contribution in [2.75, 3.05) is 6.54 Å². The molecule has 0 bridgehead atoms. The lowest BCUT2D eigenvalue weighted by Crippen LogP contribution is -2.38. The van der Waals surface area contributed by atoms with E-state index in [4.69, 9.17) is 0 Å². The molecule has 0 spiro atoms. The standard InChI is InChI=1S/C23H24N2O3/c26-22(13-12-16-7-1-3-9-18(16)23(27)28)25-14-6-5-11-21(25)20-15-17-8-2-4-10-19(17)24-20/h1-4,7-10,15,21,24H,5-6,11-14H2,(H,27,28). The van der Waals surface area contributed by atoms with E-state index in [0.717, 1.165) is 42.4 Å². The Labute approximate surface area is 164 Å². The first-order valence-electron chi connectivity index (χ1n) is 9.82. The van der Waals surface area contributed by atoms with Gasteiger partial charge in [-0.15, -0.1) is 0 Å². The summed E-state index contributed by atoms with van der Waals surface area (Å²) in [5.74, 6) is -0.861. The van der Waals surface area contributed by atoms with Crippen LogP contribution in [0.2, 0.25) is 0 Å². The SMILES string of the molecule is O=C(O)c1ccccc1CCC(=O)N1CCCCC1c1cc2ccccc2[nH]1. The fraction of sp³-hybridized carbons (Fsp3) is 0.304. The average Bonchev–Trinajstić information content (AvgIpc) is 3.16. The van der Waals surface area contributed by atoms with Crippen LogP contribution < -0.4 is 0 Å². The number of likely N-dealkylation sites (tertiary alicyclic amines) is 1. The first-order chi connectivity index (χ1) is 13.6. The number of aryl methyl sites for hydroxylation is 1. The molecule has 1 amide bonds. The Hall–Kier alpha value is -3.08. The van der Waals surface area contributed by atoms with E-state index in [1.165, 1.54) is 0 Å². The van der Waals surface area contributed by atoms with Crippen LogP contribution in [0.4, 0.5) is 0 Å². The predicted molar refractivity (Wildman–Crippen MR) is 108 cm³/mol. The monoisotopic (exact) mass is 376 g/mol. The molecular weight excluding hydrogens is 352 g/mol. The average molecular weight is 376 g/mol. The van der Waals surface area contributed by atoms with Crippen LogP contribution in [0.1, 0.15) is 53.3 Å². The van der Waals surface area contributed by atoms with Gasteiger partial charge in [-0.3, -0.25) is 4.79 Å². The zero-order valence-electron chi connectivity index (χ0n) is 15.7. The second-order valence-electron chi connectivity index (χ2n) is 7.37. The number of hydrogen-bond donors (Lipinski definition) is 2. The number of para-hydroxylation sites is 1. The van der Waals surface area contributed by atoms with Crippen LogP contribution in [0.3, 0.4) is 0 Å². The molecule has 2 N–H and O–H groups in total. The fourth-order valence-corrected chi connectivity index (χ4v) is 4.16. The number of nitrogens with zero attached hydrogens (tertiary/aromatic N) is 1. The van der Waals surface area contributed by atoms with Gasteiger partial charge in [0.25, 0.3) is 0 Å². The molecule has 2 aromatic carbocycles. The molecular formula is C23H24N2O3. The lowest BCUT2D eigenvalue weighted by molar-refractivity contribution is -0.135. The van der Waals surface area contributed by atoms with E-state index in [1.54, 1.807) is 18.2 Å². The Morgan fingerprint density at radius 1 is 1.07 bits per heavy atom. The maximum absolute atomic E-state index is 13.0. The number of amides is 1. The van der Waals surface area contributed by atoms with E-state index >= 15 is 0 Å². The first kappa shape index (κ1) is 18.3. The molecule has 0 radical (unpaired) electrons. The van der Waals surface area contributed by atoms with Crippen molar-refractivity contribution >= 4 is 22.8 Å². The number of piperidine rings is 1. The van der Waals surface area contributed by atoms with Crippen LogP contribution in [0.15, 0.2) is 54.6 Å². The van der Waals surface area contributed by atoms with E-state index in [0.29, 0.717) is 18.4 Å². The number of nitrogens with one attached hydrogen (secondary N) is 1. The summed E-state index contributed by atoms with van der Waals surface area (Å²) >= 11 is 0. The van der Waals surface area contributed by atoms with Gasteiger partial charge in [0.2, 0.25) is 5.91 Å². The number of fused-ring (bicyclic) bond motifs is 1. The topological polar surface area (TPSA) is 73.4 Å². The predicted octanol–water partition coefficient (Wildman–Crippen LogP) is 4.55. The van der Waals surface area contributed by atoms with Gasteiger partial charge in [-0.05, 0) is 54.8 Å². The number of aromatic nitrogens is 1. The number of H-pyrrole nitrogens is 1. The summed E-state index contributed by atoms with van der Waals surface area (Å²) in [6.45, 7) is 0.749. The number of aromatic amines is 1. The van der Waals surface area contributed by atoms with Crippen molar-refractivity contribution in [3.05, 3.63) is 71.4 Å². The van der Waals surface area contributed by atoms with Gasteiger partial charge in [-0.2, -0.15) is 0 Å². The summed E-state index contributed by atoms with van der Waals surface area (Å²) in [5.41, 5.74) is 3.16. The Balaban J connectivity index is 1.51. The van der Waals surface area contributed by atoms with Gasteiger partial charge in [-0.25, -0.2) is 4.79 Å². The normalized spacial score (nSPS) is 17.0. The van der Waals surface area contributed by atoms with Crippen LogP contribution in [0, 0.1) is 0 Å². The van der Waals surface area contributed by atoms with Crippen molar-refractivity contribution in [2.45, 2.75) is 38.1 Å². The third-order valence-corrected chi connectivity index (χ3v) is 5.59. The number of carboxylic acids is 1. The summed E-state index contributed by atoms with van der Waals surface area (Å²) in [7, 11) is 0. The highest BCUT2D eigenvalue weighted by Crippen LogP contribution is 2.33. The van der Waals surface area contributed by atoms with E-state index < -0.39 is 5.97 Å². The van der Waals surface area contributed by atoms with Gasteiger partial charge in [0.1, 0.15) is 0 Å². The van der Waals surface area contributed by atoms with Gasteiger partial charge in [-0.1, -0.05) is 36.4 Å². The minimum Gasteiger partial charge on any atom is -0.478 e. The highest BCUT2D eigenvalue weighted by molar-refractivity contribution is 5.89. The molecule has 144 valence electrons. The largest absolute Gasteiger partial charge is 0.478 e. The summed E-state index contributed by atoms with van der Waals surface area (Å²) in [5, 5.41) is 10.5. The van der Waals surface area contributed by atoms with Crippen LogP contribution in [-0.2, 0) is 11.2 Å². The molecule has 2 heterocycles. The third-order valence-electron chi connectivity index (χ3n) is 5.59. The van der Waals surface area contributed by atoms with Crippen molar-refractivity contribution in [1.29, 1.82) is 0 Å². The number of carbonyl (C=O) groups is 2. The molecule has 1 aliphatic heterocycles. The highest BCUT2D eigenvalue weighted by atomic mass is 16.4. The number of benzene rings is 2. The van der Waals surface area contributed by atoms with Crippen molar-refractivity contribution in [2.24, 2.45) is 0 Å². The zero-order chi connectivity index (χ0) is 19.5. The summed E-state index contributed by atoms with van der Waals surface area (Å²) in [4.78, 5) is 29.9. The molecule has 0 saturated carbocycles. The summed E-state index contributed by atoms with van der Waals surface area (Å²) in [6, 6.07) is 17.3. The van der Waals surface area contributed by atoms with Gasteiger partial charge in [0.05, 0.1) is 11.6 Å². The van der Waals surface area contributed by atoms with Crippen molar-refractivity contribution in [1.82, 2.24) is 9.88 Å². The number of carbonyl (C=O) groups excluding carboxylic acids is 1. The molecule has 1 fully saturated rings. The number of aromatic carboxylic acids is 1. The van der Waals surface area contributed by atoms with Gasteiger partial charge >= 0.3 is 5.97 Å². The molecule has 0 aliphatic carbocycles. The zero-order valence-corrected chi connectivity index (χ0v) is 15.7. The minimum atomic E-state index is -0.947. The van der Waals surface area contributed by atoms with Crippen LogP contribution in [0.5, 0.6) is 0 Å². The highest BCUT2D eigenvalue weighted by Gasteiger charge is 2.29. The molecule has 3 aromatic rings. The molecule has 1 atom stereocenters. The Bertz CT molecular complexity index is 975. The first-order valence-corrected chi connectivity index (χ1v) is 9.82. The number of rotatable bonds is 5. The van der Waals surface area contributed by atoms with Crippen molar-refractivity contribution < 1.29 is 14.7 Å². The molecule has 1 saturated heterocycles. The second kappa shape index (κ2) is 7.89. The van der Waals surface area contributed by atoms with Crippen LogP contribution in [-0.4, -0.2) is 33.4 Å². The second-order valence-corrected chi connectivity index (χ2v) is 7.37. The number of hydrogen-bond acceptors (Lipinski definition) is 2. The number of carboxylic acid groups (broad SMARTS) is 1. The van der Waals surface area contributed by atoms with Gasteiger partial charge in [0.15, 0.2) is 0 Å². The molecule has 1 aromatic heterocycles. The Morgan fingerprint density at radius 2 is 1.86 bits per heavy atom. The third kappa shape index (κ3) is 3.65. The lowest BCUT2D eigenvalue weighted by atomic mass is 9.97. The lowest BCUT2D eigenvalue weighted by Gasteiger charge is -2.35. The van der Waals surface area contributed by atoms with Gasteiger partial charge in [0, 0.05) is 24.2 Å². The molecule has 5 nitrogen and oxygen atoms in total. The minimum absolute atomic E-state index is 0.0587. The fourth-order valence-electron chi connectivity index (χ4n) is 4.16. The molecule has 1 unspecified atom stereocenters. The van der Waals surface area contributed by atoms with Crippen molar-refractivity contribution in [3.8, 4) is 0 Å². The van der Waals surface area contributed by atoms with Crippen LogP contribution >= 0.6 is 0 Å². The maximum Gasteiger partial charge on any atom is 0.335 e. The Kier molecular flexibility index (Phi) is 5.15. The molecule has 1 aliphatic rings. The van der Waals surface area contributed by atoms with Gasteiger partial charge < -0.3 is 15.0 Å². The molecule has 5 heteroatoms. The van der Waals surface area contributed by atoms with Crippen LogP contribution in [0.25, 0.3) is 10.9 Å². The van der Waals surface area contributed by atoms with E-state index in [1.807, 2.05) is 23.1 Å². The quantitative estimate of drug-likeness (QED) is 0.686.